The van der Waals surface area contributed by atoms with E-state index < -0.39 is 0 Å². The van der Waals surface area contributed by atoms with Crippen LogP contribution >= 0.6 is 0 Å². The van der Waals surface area contributed by atoms with Crippen molar-refractivity contribution in [1.29, 1.82) is 0 Å². The average Bonchev–Trinajstić information content (AvgIpc) is 3.12. The van der Waals surface area contributed by atoms with Gasteiger partial charge in [-0.2, -0.15) is 0 Å². The zero-order valence-corrected chi connectivity index (χ0v) is 16.3. The zero-order chi connectivity index (χ0) is 18.9. The van der Waals surface area contributed by atoms with Gasteiger partial charge in [0.15, 0.2) is 0 Å². The maximum Gasteiger partial charge on any atom is 0.220 e. The predicted octanol–water partition coefficient (Wildman–Crippen LogP) is 2.52. The highest BCUT2D eigenvalue weighted by molar-refractivity contribution is 5.76. The Labute approximate surface area is 163 Å². The van der Waals surface area contributed by atoms with E-state index in [1.165, 1.54) is 5.56 Å². The third-order valence-electron chi connectivity index (χ3n) is 5.88. The molecule has 1 saturated heterocycles. The molecule has 3 rings (SSSR count). The van der Waals surface area contributed by atoms with E-state index in [2.05, 4.69) is 22.3 Å². The fourth-order valence-electron chi connectivity index (χ4n) is 4.29. The molecule has 1 aliphatic heterocycles. The van der Waals surface area contributed by atoms with Crippen LogP contribution < -0.4 is 5.32 Å². The van der Waals surface area contributed by atoms with Crippen LogP contribution in [-0.4, -0.2) is 60.4 Å². The van der Waals surface area contributed by atoms with Gasteiger partial charge in [0.1, 0.15) is 0 Å². The van der Waals surface area contributed by atoms with Crippen molar-refractivity contribution in [2.75, 3.05) is 26.3 Å². The molecule has 1 heterocycles. The summed E-state index contributed by atoms with van der Waals surface area (Å²) in [6.45, 7) is 3.31. The Bertz CT molecular complexity index is 558. The maximum atomic E-state index is 12.1. The SMILES string of the molecule is O=C(CCCOCCc1ccccc1)NC1CCN([C@H]2CCC[C@@H]2O)CC1. The molecule has 2 aliphatic rings. The summed E-state index contributed by atoms with van der Waals surface area (Å²) in [5.41, 5.74) is 1.28. The van der Waals surface area contributed by atoms with Gasteiger partial charge in [0.05, 0.1) is 12.7 Å². The first-order chi connectivity index (χ1) is 13.2. The summed E-state index contributed by atoms with van der Waals surface area (Å²) in [5.74, 6) is 0.140. The number of carbonyl (C=O) groups excluding carboxylic acids is 1. The topological polar surface area (TPSA) is 61.8 Å². The van der Waals surface area contributed by atoms with Crippen molar-refractivity contribution in [2.24, 2.45) is 0 Å². The van der Waals surface area contributed by atoms with E-state index in [0.29, 0.717) is 25.7 Å². The van der Waals surface area contributed by atoms with E-state index >= 15 is 0 Å². The Morgan fingerprint density at radius 2 is 1.89 bits per heavy atom. The van der Waals surface area contributed by atoms with Gasteiger partial charge in [-0.3, -0.25) is 9.69 Å². The van der Waals surface area contributed by atoms with E-state index in [1.54, 1.807) is 0 Å². The first-order valence-corrected chi connectivity index (χ1v) is 10.6. The number of ether oxygens (including phenoxy) is 1. The number of rotatable bonds is 9. The molecule has 1 aliphatic carbocycles. The van der Waals surface area contributed by atoms with Crippen molar-refractivity contribution in [3.05, 3.63) is 35.9 Å². The molecule has 0 unspecified atom stereocenters. The first-order valence-electron chi connectivity index (χ1n) is 10.6. The third kappa shape index (κ3) is 6.59. The Kier molecular flexibility index (Phi) is 8.11. The summed E-state index contributed by atoms with van der Waals surface area (Å²) >= 11 is 0. The number of carbonyl (C=O) groups is 1. The molecule has 27 heavy (non-hydrogen) atoms. The molecule has 1 saturated carbocycles. The predicted molar refractivity (Wildman–Crippen MR) is 107 cm³/mol. The molecule has 0 aromatic heterocycles. The zero-order valence-electron chi connectivity index (χ0n) is 16.3. The van der Waals surface area contributed by atoms with Gasteiger partial charge in [0.2, 0.25) is 5.91 Å². The maximum absolute atomic E-state index is 12.1. The second-order valence-electron chi connectivity index (χ2n) is 7.89. The third-order valence-corrected chi connectivity index (χ3v) is 5.88. The summed E-state index contributed by atoms with van der Waals surface area (Å²) in [4.78, 5) is 14.6. The average molecular weight is 375 g/mol. The van der Waals surface area contributed by atoms with E-state index in [4.69, 9.17) is 4.74 Å². The highest BCUT2D eigenvalue weighted by Gasteiger charge is 2.33. The minimum Gasteiger partial charge on any atom is -0.391 e. The molecule has 1 amide bonds. The molecule has 0 bridgehead atoms. The second-order valence-corrected chi connectivity index (χ2v) is 7.89. The number of hydrogen-bond donors (Lipinski definition) is 2. The van der Waals surface area contributed by atoms with Gasteiger partial charge in [-0.15, -0.1) is 0 Å². The van der Waals surface area contributed by atoms with Crippen molar-refractivity contribution >= 4 is 5.91 Å². The van der Waals surface area contributed by atoms with Crippen molar-refractivity contribution in [3.8, 4) is 0 Å². The van der Waals surface area contributed by atoms with Crippen molar-refractivity contribution in [3.63, 3.8) is 0 Å². The Morgan fingerprint density at radius 1 is 1.11 bits per heavy atom. The lowest BCUT2D eigenvalue weighted by atomic mass is 10.0. The molecule has 2 fully saturated rings. The minimum absolute atomic E-state index is 0.140. The molecule has 2 atom stereocenters. The van der Waals surface area contributed by atoms with Crippen LogP contribution in [0, 0.1) is 0 Å². The summed E-state index contributed by atoms with van der Waals surface area (Å²) in [5, 5.41) is 13.2. The first kappa shape index (κ1) is 20.3. The lowest BCUT2D eigenvalue weighted by Crippen LogP contribution is -2.49. The normalized spacial score (nSPS) is 24.2. The van der Waals surface area contributed by atoms with Crippen LogP contribution in [0.25, 0.3) is 0 Å². The van der Waals surface area contributed by atoms with Gasteiger partial charge >= 0.3 is 0 Å². The van der Waals surface area contributed by atoms with E-state index in [9.17, 15) is 9.90 Å². The van der Waals surface area contributed by atoms with Gasteiger partial charge in [-0.05, 0) is 50.5 Å². The van der Waals surface area contributed by atoms with Crippen LogP contribution in [-0.2, 0) is 16.0 Å². The van der Waals surface area contributed by atoms with Gasteiger partial charge in [0.25, 0.3) is 0 Å². The lowest BCUT2D eigenvalue weighted by Gasteiger charge is -2.37. The highest BCUT2D eigenvalue weighted by Crippen LogP contribution is 2.26. The van der Waals surface area contributed by atoms with E-state index in [0.717, 1.165) is 58.0 Å². The van der Waals surface area contributed by atoms with Crippen LogP contribution in [0.15, 0.2) is 30.3 Å². The number of likely N-dealkylation sites (tertiary alicyclic amines) is 1. The number of aliphatic hydroxyl groups excluding tert-OH is 1. The van der Waals surface area contributed by atoms with Gasteiger partial charge in [-0.1, -0.05) is 30.3 Å². The molecule has 2 N–H and O–H groups in total. The Hall–Kier alpha value is -1.43. The molecule has 5 heteroatoms. The standard InChI is InChI=1S/C22H34N2O3/c25-21-9-4-8-20(21)24-14-11-19(12-15-24)23-22(26)10-5-16-27-17-13-18-6-2-1-3-7-18/h1-3,6-7,19-21,25H,4-5,8-17H2,(H,23,26)/t20-,21-/m0/s1. The van der Waals surface area contributed by atoms with E-state index in [1.807, 2.05) is 18.2 Å². The van der Waals surface area contributed by atoms with Gasteiger partial charge in [0, 0.05) is 38.2 Å². The van der Waals surface area contributed by atoms with Crippen molar-refractivity contribution in [2.45, 2.75) is 69.6 Å². The number of nitrogens with zero attached hydrogens (tertiary/aromatic N) is 1. The number of aliphatic hydroxyl groups is 1. The number of hydrogen-bond acceptors (Lipinski definition) is 4. The van der Waals surface area contributed by atoms with Crippen LogP contribution in [0.5, 0.6) is 0 Å². The quantitative estimate of drug-likeness (QED) is 0.652. The highest BCUT2D eigenvalue weighted by atomic mass is 16.5. The van der Waals surface area contributed by atoms with E-state index in [-0.39, 0.29) is 18.1 Å². The summed E-state index contributed by atoms with van der Waals surface area (Å²) in [7, 11) is 0. The van der Waals surface area contributed by atoms with Crippen LogP contribution in [0.2, 0.25) is 0 Å². The Balaban J connectivity index is 1.22. The van der Waals surface area contributed by atoms with Crippen molar-refractivity contribution in [1.82, 2.24) is 10.2 Å². The van der Waals surface area contributed by atoms with Crippen molar-refractivity contribution < 1.29 is 14.6 Å². The molecule has 1 aromatic carbocycles. The molecule has 150 valence electrons. The molecular weight excluding hydrogens is 340 g/mol. The monoisotopic (exact) mass is 374 g/mol. The lowest BCUT2D eigenvalue weighted by molar-refractivity contribution is -0.122. The summed E-state index contributed by atoms with van der Waals surface area (Å²) in [6.07, 6.45) is 7.23. The van der Waals surface area contributed by atoms with Crippen LogP contribution in [0.4, 0.5) is 0 Å². The van der Waals surface area contributed by atoms with Gasteiger partial charge < -0.3 is 15.2 Å². The largest absolute Gasteiger partial charge is 0.391 e. The number of piperidine rings is 1. The minimum atomic E-state index is -0.155. The molecule has 0 radical (unpaired) electrons. The molecular formula is C22H34N2O3. The summed E-state index contributed by atoms with van der Waals surface area (Å²) < 4.78 is 5.65. The smallest absolute Gasteiger partial charge is 0.220 e. The molecule has 1 aromatic rings. The number of amides is 1. The van der Waals surface area contributed by atoms with Gasteiger partial charge in [-0.25, -0.2) is 0 Å². The van der Waals surface area contributed by atoms with Crippen LogP contribution in [0.3, 0.4) is 0 Å². The number of benzene rings is 1. The summed E-state index contributed by atoms with van der Waals surface area (Å²) in [6, 6.07) is 10.9. The second kappa shape index (κ2) is 10.8. The number of nitrogens with one attached hydrogen (secondary N) is 1. The van der Waals surface area contributed by atoms with Crippen LogP contribution in [0.1, 0.15) is 50.5 Å². The fraction of sp³-hybridized carbons (Fsp3) is 0.682. The fourth-order valence-corrected chi connectivity index (χ4v) is 4.29. The molecule has 5 nitrogen and oxygen atoms in total. The molecule has 0 spiro atoms. The Morgan fingerprint density at radius 3 is 2.59 bits per heavy atom.